The third-order valence-electron chi connectivity index (χ3n) is 5.18. The van der Waals surface area contributed by atoms with Crippen molar-refractivity contribution in [3.8, 4) is 0 Å². The number of hydrogen-bond acceptors (Lipinski definition) is 7. The van der Waals surface area contributed by atoms with E-state index in [-0.39, 0.29) is 11.7 Å². The standard InChI is InChI=1S/C21H26N6O2S/c1-16-7-10-26(11-8-16)20-24-25-21(27(20)14-18-6-4-12-29-18)30-15-19(28)23-13-17-5-2-3-9-22-17/h2-6,9,12,16H,7-8,10-11,13-15H2,1H3,(H,23,28). The average Bonchev–Trinajstić information content (AvgIpc) is 3.43. The first-order chi connectivity index (χ1) is 14.7. The number of pyridine rings is 1. The molecular weight excluding hydrogens is 400 g/mol. The highest BCUT2D eigenvalue weighted by Gasteiger charge is 2.23. The van der Waals surface area contributed by atoms with Crippen LogP contribution >= 0.6 is 11.8 Å². The lowest BCUT2D eigenvalue weighted by Crippen LogP contribution is -2.35. The number of nitrogens with one attached hydrogen (secondary N) is 1. The van der Waals surface area contributed by atoms with E-state index in [2.05, 4.69) is 32.3 Å². The van der Waals surface area contributed by atoms with E-state index in [4.69, 9.17) is 4.42 Å². The largest absolute Gasteiger partial charge is 0.467 e. The molecule has 0 atom stereocenters. The van der Waals surface area contributed by atoms with Crippen LogP contribution in [0.4, 0.5) is 5.95 Å². The zero-order valence-electron chi connectivity index (χ0n) is 17.0. The Morgan fingerprint density at radius 2 is 2.10 bits per heavy atom. The summed E-state index contributed by atoms with van der Waals surface area (Å²) in [7, 11) is 0. The van der Waals surface area contributed by atoms with Crippen LogP contribution in [0.15, 0.2) is 52.4 Å². The highest BCUT2D eigenvalue weighted by atomic mass is 32.2. The number of anilines is 1. The van der Waals surface area contributed by atoms with Crippen LogP contribution in [-0.4, -0.2) is 44.5 Å². The second-order valence-corrected chi connectivity index (χ2v) is 8.45. The van der Waals surface area contributed by atoms with Crippen molar-refractivity contribution in [3.63, 3.8) is 0 Å². The van der Waals surface area contributed by atoms with Crippen molar-refractivity contribution in [1.29, 1.82) is 0 Å². The summed E-state index contributed by atoms with van der Waals surface area (Å²) in [6, 6.07) is 9.46. The Kier molecular flexibility index (Phi) is 6.68. The predicted molar refractivity (Wildman–Crippen MR) is 115 cm³/mol. The van der Waals surface area contributed by atoms with Gasteiger partial charge in [-0.2, -0.15) is 0 Å². The number of carbonyl (C=O) groups excluding carboxylic acids is 1. The Bertz CT molecular complexity index is 936. The van der Waals surface area contributed by atoms with Crippen molar-refractivity contribution < 1.29 is 9.21 Å². The van der Waals surface area contributed by atoms with Crippen LogP contribution in [0.2, 0.25) is 0 Å². The summed E-state index contributed by atoms with van der Waals surface area (Å²) in [4.78, 5) is 18.8. The topological polar surface area (TPSA) is 89.1 Å². The molecule has 4 heterocycles. The first-order valence-corrected chi connectivity index (χ1v) is 11.2. The molecule has 30 heavy (non-hydrogen) atoms. The number of rotatable bonds is 8. The van der Waals surface area contributed by atoms with Gasteiger partial charge in [0.05, 0.1) is 30.8 Å². The van der Waals surface area contributed by atoms with Crippen LogP contribution in [-0.2, 0) is 17.9 Å². The lowest BCUT2D eigenvalue weighted by atomic mass is 10.00. The second kappa shape index (κ2) is 9.80. The van der Waals surface area contributed by atoms with Gasteiger partial charge in [0, 0.05) is 19.3 Å². The van der Waals surface area contributed by atoms with Crippen LogP contribution in [0.25, 0.3) is 0 Å². The minimum Gasteiger partial charge on any atom is -0.467 e. The Morgan fingerprint density at radius 3 is 2.83 bits per heavy atom. The van der Waals surface area contributed by atoms with E-state index in [0.717, 1.165) is 49.3 Å². The maximum absolute atomic E-state index is 12.3. The van der Waals surface area contributed by atoms with Gasteiger partial charge in [0.25, 0.3) is 0 Å². The Hall–Kier alpha value is -2.81. The minimum atomic E-state index is -0.0634. The molecule has 0 aromatic carbocycles. The highest BCUT2D eigenvalue weighted by Crippen LogP contribution is 2.27. The van der Waals surface area contributed by atoms with Gasteiger partial charge >= 0.3 is 0 Å². The fraction of sp³-hybridized carbons (Fsp3) is 0.429. The smallest absolute Gasteiger partial charge is 0.230 e. The molecule has 9 heteroatoms. The summed E-state index contributed by atoms with van der Waals surface area (Å²) >= 11 is 1.39. The third kappa shape index (κ3) is 5.21. The molecule has 0 radical (unpaired) electrons. The van der Waals surface area contributed by atoms with E-state index in [9.17, 15) is 4.79 Å². The van der Waals surface area contributed by atoms with Crippen LogP contribution in [0.1, 0.15) is 31.2 Å². The van der Waals surface area contributed by atoms with Crippen molar-refractivity contribution in [2.75, 3.05) is 23.7 Å². The number of nitrogens with zero attached hydrogens (tertiary/aromatic N) is 5. The van der Waals surface area contributed by atoms with Gasteiger partial charge in [-0.1, -0.05) is 24.8 Å². The van der Waals surface area contributed by atoms with Crippen molar-refractivity contribution in [2.24, 2.45) is 5.92 Å². The third-order valence-corrected chi connectivity index (χ3v) is 6.15. The summed E-state index contributed by atoms with van der Waals surface area (Å²) < 4.78 is 7.59. The Balaban J connectivity index is 1.42. The van der Waals surface area contributed by atoms with Crippen LogP contribution < -0.4 is 10.2 Å². The lowest BCUT2D eigenvalue weighted by Gasteiger charge is -2.31. The predicted octanol–water partition coefficient (Wildman–Crippen LogP) is 2.96. The maximum Gasteiger partial charge on any atom is 0.230 e. The molecule has 0 bridgehead atoms. The molecule has 1 N–H and O–H groups in total. The van der Waals surface area contributed by atoms with Gasteiger partial charge in [0.15, 0.2) is 5.16 Å². The van der Waals surface area contributed by atoms with E-state index >= 15 is 0 Å². The van der Waals surface area contributed by atoms with Gasteiger partial charge < -0.3 is 14.6 Å². The van der Waals surface area contributed by atoms with Gasteiger partial charge in [0.2, 0.25) is 11.9 Å². The molecule has 3 aromatic heterocycles. The van der Waals surface area contributed by atoms with E-state index in [1.807, 2.05) is 34.9 Å². The number of hydrogen-bond donors (Lipinski definition) is 1. The molecule has 1 amide bonds. The maximum atomic E-state index is 12.3. The van der Waals surface area contributed by atoms with Crippen LogP contribution in [0, 0.1) is 5.92 Å². The zero-order chi connectivity index (χ0) is 20.8. The minimum absolute atomic E-state index is 0.0634. The number of carbonyl (C=O) groups is 1. The van der Waals surface area contributed by atoms with Gasteiger partial charge in [-0.05, 0) is 43.0 Å². The van der Waals surface area contributed by atoms with Gasteiger partial charge in [-0.3, -0.25) is 14.3 Å². The molecular formula is C21H26N6O2S. The Morgan fingerprint density at radius 1 is 1.23 bits per heavy atom. The number of piperidine rings is 1. The molecule has 1 saturated heterocycles. The van der Waals surface area contributed by atoms with Crippen LogP contribution in [0.5, 0.6) is 0 Å². The summed E-state index contributed by atoms with van der Waals surface area (Å²) in [5, 5.41) is 12.4. The summed E-state index contributed by atoms with van der Waals surface area (Å²) in [6.07, 6.45) is 5.67. The monoisotopic (exact) mass is 426 g/mol. The SMILES string of the molecule is CC1CCN(c2nnc(SCC(=O)NCc3ccccn3)n2Cc2ccco2)CC1. The zero-order valence-corrected chi connectivity index (χ0v) is 17.8. The second-order valence-electron chi connectivity index (χ2n) is 7.50. The van der Waals surface area contributed by atoms with Crippen molar-refractivity contribution in [2.45, 2.75) is 38.0 Å². The first kappa shape index (κ1) is 20.5. The molecule has 158 valence electrons. The molecule has 3 aromatic rings. The normalized spacial score (nSPS) is 14.8. The van der Waals surface area contributed by atoms with Crippen LogP contribution in [0.3, 0.4) is 0 Å². The summed E-state index contributed by atoms with van der Waals surface area (Å²) in [6.45, 7) is 5.17. The molecule has 0 spiro atoms. The van der Waals surface area contributed by atoms with Gasteiger partial charge in [-0.15, -0.1) is 10.2 Å². The van der Waals surface area contributed by atoms with E-state index in [1.54, 1.807) is 12.5 Å². The quantitative estimate of drug-likeness (QED) is 0.554. The molecule has 1 fully saturated rings. The van der Waals surface area contributed by atoms with E-state index in [0.29, 0.717) is 18.2 Å². The van der Waals surface area contributed by atoms with Crippen molar-refractivity contribution in [3.05, 3.63) is 54.2 Å². The Labute approximate surface area is 180 Å². The number of aromatic nitrogens is 4. The fourth-order valence-electron chi connectivity index (χ4n) is 3.40. The number of furan rings is 1. The summed E-state index contributed by atoms with van der Waals surface area (Å²) in [5.74, 6) is 2.61. The average molecular weight is 427 g/mol. The van der Waals surface area contributed by atoms with Crippen molar-refractivity contribution in [1.82, 2.24) is 25.1 Å². The number of amides is 1. The van der Waals surface area contributed by atoms with E-state index in [1.165, 1.54) is 11.8 Å². The molecule has 1 aliphatic heterocycles. The first-order valence-electron chi connectivity index (χ1n) is 10.2. The number of thioether (sulfide) groups is 1. The van der Waals surface area contributed by atoms with Crippen molar-refractivity contribution >= 4 is 23.6 Å². The lowest BCUT2D eigenvalue weighted by molar-refractivity contribution is -0.118. The molecule has 0 aliphatic carbocycles. The molecule has 1 aliphatic rings. The molecule has 0 saturated carbocycles. The molecule has 4 rings (SSSR count). The van der Waals surface area contributed by atoms with Gasteiger partial charge in [-0.25, -0.2) is 0 Å². The summed E-state index contributed by atoms with van der Waals surface area (Å²) in [5.41, 5.74) is 0.832. The fourth-order valence-corrected chi connectivity index (χ4v) is 4.16. The van der Waals surface area contributed by atoms with Gasteiger partial charge in [0.1, 0.15) is 5.76 Å². The molecule has 0 unspecified atom stereocenters. The van der Waals surface area contributed by atoms with E-state index < -0.39 is 0 Å². The molecule has 8 nitrogen and oxygen atoms in total. The highest BCUT2D eigenvalue weighted by molar-refractivity contribution is 7.99.